The molecule has 0 saturated carbocycles. The Morgan fingerprint density at radius 3 is 2.56 bits per heavy atom. The summed E-state index contributed by atoms with van der Waals surface area (Å²) in [6, 6.07) is 10.2. The molecule has 0 aliphatic carbocycles. The normalized spacial score (nSPS) is 13.9. The third kappa shape index (κ3) is 5.96. The molecule has 1 aliphatic heterocycles. The standard InChI is InChI=1S/C33H35ClFN3O5/c1-17-21-8-7-13-42-28(21)24(35)14-22(17)27-23-15-25(31(39)36-16-19-9-11-20(34)12-10-19)38(6)30(23)37-18(2)26(27)29(32(40)41)43-33(3,4)5/h9-12,14-15,29H,7-8,13,16H2,1-6H3,(H,36,39)(H,40,41)/t29-/m0/s1. The molecule has 4 aromatic rings. The average Bonchev–Trinajstić information content (AvgIpc) is 3.28. The van der Waals surface area contributed by atoms with Gasteiger partial charge in [-0.3, -0.25) is 4.79 Å². The molecule has 2 aromatic carbocycles. The number of benzene rings is 2. The Balaban J connectivity index is 1.74. The van der Waals surface area contributed by atoms with Gasteiger partial charge >= 0.3 is 5.97 Å². The van der Waals surface area contributed by atoms with E-state index in [0.717, 1.165) is 23.1 Å². The molecule has 1 aliphatic rings. The maximum atomic E-state index is 15.6. The third-order valence-corrected chi connectivity index (χ3v) is 7.92. The Bertz CT molecular complexity index is 1740. The van der Waals surface area contributed by atoms with E-state index in [4.69, 9.17) is 26.1 Å². The second-order valence-electron chi connectivity index (χ2n) is 11.9. The van der Waals surface area contributed by atoms with Crippen molar-refractivity contribution in [2.45, 2.75) is 65.7 Å². The Hall–Kier alpha value is -3.95. The minimum absolute atomic E-state index is 0.229. The first-order chi connectivity index (χ1) is 20.3. The highest BCUT2D eigenvalue weighted by Gasteiger charge is 2.34. The molecule has 0 fully saturated rings. The van der Waals surface area contributed by atoms with Crippen LogP contribution in [0.1, 0.15) is 71.7 Å². The number of amides is 1. The molecule has 10 heteroatoms. The Kier molecular flexibility index (Phi) is 8.24. The highest BCUT2D eigenvalue weighted by molar-refractivity contribution is 6.30. The molecule has 0 saturated heterocycles. The first-order valence-corrected chi connectivity index (χ1v) is 14.5. The van der Waals surface area contributed by atoms with Crippen molar-refractivity contribution in [1.29, 1.82) is 0 Å². The number of carbonyl (C=O) groups excluding carboxylic acids is 1. The van der Waals surface area contributed by atoms with Crippen LogP contribution in [0.5, 0.6) is 5.75 Å². The van der Waals surface area contributed by atoms with Gasteiger partial charge in [0.15, 0.2) is 17.7 Å². The van der Waals surface area contributed by atoms with Crippen LogP contribution >= 0.6 is 11.6 Å². The Labute approximate surface area is 254 Å². The fraction of sp³-hybridized carbons (Fsp3) is 0.364. The van der Waals surface area contributed by atoms with E-state index in [-0.39, 0.29) is 18.2 Å². The van der Waals surface area contributed by atoms with Crippen LogP contribution in [0.15, 0.2) is 36.4 Å². The Morgan fingerprint density at radius 2 is 1.91 bits per heavy atom. The predicted molar refractivity (Wildman–Crippen MR) is 163 cm³/mol. The van der Waals surface area contributed by atoms with E-state index in [0.29, 0.717) is 57.2 Å². The maximum Gasteiger partial charge on any atom is 0.337 e. The van der Waals surface area contributed by atoms with E-state index in [2.05, 4.69) is 5.32 Å². The number of fused-ring (bicyclic) bond motifs is 2. The number of hydrogen-bond donors (Lipinski definition) is 2. The minimum atomic E-state index is -1.40. The van der Waals surface area contributed by atoms with E-state index in [1.54, 1.807) is 57.5 Å². The molecule has 3 heterocycles. The topological polar surface area (TPSA) is 103 Å². The molecule has 0 spiro atoms. The summed E-state index contributed by atoms with van der Waals surface area (Å²) in [7, 11) is 1.73. The van der Waals surface area contributed by atoms with Gasteiger partial charge in [0.2, 0.25) is 0 Å². The summed E-state index contributed by atoms with van der Waals surface area (Å²) in [5.41, 5.74) is 4.06. The zero-order chi connectivity index (χ0) is 31.2. The van der Waals surface area contributed by atoms with Crippen LogP contribution in [0.25, 0.3) is 22.2 Å². The van der Waals surface area contributed by atoms with Gasteiger partial charge in [0.1, 0.15) is 11.3 Å². The summed E-state index contributed by atoms with van der Waals surface area (Å²) in [6.45, 7) is 9.62. The van der Waals surface area contributed by atoms with Gasteiger partial charge in [0, 0.05) is 46.4 Å². The van der Waals surface area contributed by atoms with Gasteiger partial charge in [-0.15, -0.1) is 0 Å². The number of rotatable bonds is 7. The van der Waals surface area contributed by atoms with Crippen molar-refractivity contribution >= 4 is 34.5 Å². The average molecular weight is 608 g/mol. The number of aliphatic carboxylic acids is 1. The van der Waals surface area contributed by atoms with Crippen LogP contribution < -0.4 is 10.1 Å². The first kappa shape index (κ1) is 30.5. The second kappa shape index (κ2) is 11.6. The van der Waals surface area contributed by atoms with Gasteiger partial charge in [-0.2, -0.15) is 0 Å². The molecule has 0 bridgehead atoms. The SMILES string of the molecule is Cc1nc2c(cc(C(=O)NCc3ccc(Cl)cc3)n2C)c(-c2cc(F)c3c(c2C)CCCO3)c1[C@H](OC(C)(C)C)C(=O)O. The number of carboxylic acids is 1. The van der Waals surface area contributed by atoms with Crippen molar-refractivity contribution in [3.05, 3.63) is 80.9 Å². The second-order valence-corrected chi connectivity index (χ2v) is 12.3. The number of carbonyl (C=O) groups is 2. The zero-order valence-corrected chi connectivity index (χ0v) is 25.9. The molecule has 43 heavy (non-hydrogen) atoms. The van der Waals surface area contributed by atoms with E-state index in [1.165, 1.54) is 6.07 Å². The van der Waals surface area contributed by atoms with Crippen molar-refractivity contribution in [2.24, 2.45) is 7.05 Å². The van der Waals surface area contributed by atoms with E-state index >= 15 is 4.39 Å². The molecule has 2 N–H and O–H groups in total. The van der Waals surface area contributed by atoms with Crippen molar-refractivity contribution < 1.29 is 28.6 Å². The molecule has 2 aromatic heterocycles. The number of aromatic nitrogens is 2. The van der Waals surface area contributed by atoms with Gasteiger partial charge in [-0.25, -0.2) is 14.2 Å². The number of carboxylic acid groups (broad SMARTS) is 1. The van der Waals surface area contributed by atoms with Crippen LogP contribution in [-0.4, -0.2) is 38.7 Å². The van der Waals surface area contributed by atoms with Crippen LogP contribution in [-0.2, 0) is 29.5 Å². The molecule has 0 radical (unpaired) electrons. The van der Waals surface area contributed by atoms with E-state index < -0.39 is 23.5 Å². The Morgan fingerprint density at radius 1 is 1.21 bits per heavy atom. The minimum Gasteiger partial charge on any atom is -0.490 e. The van der Waals surface area contributed by atoms with Crippen LogP contribution in [0, 0.1) is 19.7 Å². The lowest BCUT2D eigenvalue weighted by Gasteiger charge is -2.29. The van der Waals surface area contributed by atoms with Crippen molar-refractivity contribution in [2.75, 3.05) is 6.61 Å². The van der Waals surface area contributed by atoms with Crippen molar-refractivity contribution in [1.82, 2.24) is 14.9 Å². The quantitative estimate of drug-likeness (QED) is 0.238. The van der Waals surface area contributed by atoms with Gasteiger partial charge in [0.05, 0.1) is 12.2 Å². The third-order valence-electron chi connectivity index (χ3n) is 7.67. The molecule has 0 unspecified atom stereocenters. The van der Waals surface area contributed by atoms with Crippen molar-refractivity contribution in [3.8, 4) is 16.9 Å². The molecule has 1 atom stereocenters. The number of nitrogens with one attached hydrogen (secondary N) is 1. The molecular formula is C33H35ClFN3O5. The number of ether oxygens (including phenoxy) is 2. The number of nitrogens with zero attached hydrogens (tertiary/aromatic N) is 2. The first-order valence-electron chi connectivity index (χ1n) is 14.1. The smallest absolute Gasteiger partial charge is 0.337 e. The number of aryl methyl sites for hydroxylation is 2. The summed E-state index contributed by atoms with van der Waals surface area (Å²) in [4.78, 5) is 31.0. The van der Waals surface area contributed by atoms with Crippen molar-refractivity contribution in [3.63, 3.8) is 0 Å². The van der Waals surface area contributed by atoms with Gasteiger partial charge < -0.3 is 24.5 Å². The largest absolute Gasteiger partial charge is 0.490 e. The molecule has 8 nitrogen and oxygen atoms in total. The monoisotopic (exact) mass is 607 g/mol. The highest BCUT2D eigenvalue weighted by atomic mass is 35.5. The predicted octanol–water partition coefficient (Wildman–Crippen LogP) is 6.85. The zero-order valence-electron chi connectivity index (χ0n) is 25.1. The fourth-order valence-corrected chi connectivity index (χ4v) is 5.79. The lowest BCUT2D eigenvalue weighted by atomic mass is 9.86. The molecular weight excluding hydrogens is 573 g/mol. The summed E-state index contributed by atoms with van der Waals surface area (Å²) < 4.78 is 29.0. The molecule has 5 rings (SSSR count). The maximum absolute atomic E-state index is 15.6. The number of pyridine rings is 1. The van der Waals surface area contributed by atoms with E-state index in [9.17, 15) is 14.7 Å². The molecule has 1 amide bonds. The molecule has 226 valence electrons. The summed E-state index contributed by atoms with van der Waals surface area (Å²) in [5.74, 6) is -1.84. The number of halogens is 2. The van der Waals surface area contributed by atoms with Crippen LogP contribution in [0.2, 0.25) is 5.02 Å². The summed E-state index contributed by atoms with van der Waals surface area (Å²) >= 11 is 5.99. The van der Waals surface area contributed by atoms with Crippen LogP contribution in [0.3, 0.4) is 0 Å². The number of hydrogen-bond acceptors (Lipinski definition) is 5. The van der Waals surface area contributed by atoms with Crippen LogP contribution in [0.4, 0.5) is 4.39 Å². The van der Waals surface area contributed by atoms with E-state index in [1.807, 2.05) is 19.1 Å². The highest BCUT2D eigenvalue weighted by Crippen LogP contribution is 2.44. The lowest BCUT2D eigenvalue weighted by molar-refractivity contribution is -0.160. The summed E-state index contributed by atoms with van der Waals surface area (Å²) in [5, 5.41) is 14.4. The van der Waals surface area contributed by atoms with Gasteiger partial charge in [-0.1, -0.05) is 23.7 Å². The van der Waals surface area contributed by atoms with Gasteiger partial charge in [0.25, 0.3) is 5.91 Å². The summed E-state index contributed by atoms with van der Waals surface area (Å²) in [6.07, 6.45) is -0.0330. The van der Waals surface area contributed by atoms with Gasteiger partial charge in [-0.05, 0) is 88.4 Å². The lowest BCUT2D eigenvalue weighted by Crippen LogP contribution is -2.28. The fourth-order valence-electron chi connectivity index (χ4n) is 5.66.